The maximum Gasteiger partial charge on any atom is 0.224 e. The van der Waals surface area contributed by atoms with Crippen LogP contribution in [-0.2, 0) is 22.4 Å². The summed E-state index contributed by atoms with van der Waals surface area (Å²) in [6, 6.07) is 11.5. The minimum Gasteiger partial charge on any atom is -0.495 e. The van der Waals surface area contributed by atoms with Gasteiger partial charge in [-0.1, -0.05) is 18.2 Å². The third kappa shape index (κ3) is 5.91. The van der Waals surface area contributed by atoms with Gasteiger partial charge in [-0.3, -0.25) is 9.59 Å². The van der Waals surface area contributed by atoms with Gasteiger partial charge >= 0.3 is 0 Å². The average Bonchev–Trinajstić information content (AvgIpc) is 2.54. The zero-order chi connectivity index (χ0) is 18.2. The molecule has 2 rings (SSSR count). The summed E-state index contributed by atoms with van der Waals surface area (Å²) in [7, 11) is 1.53. The van der Waals surface area contributed by atoms with Crippen LogP contribution in [0, 0.1) is 5.82 Å². The van der Waals surface area contributed by atoms with Gasteiger partial charge in [0.25, 0.3) is 0 Å². The highest BCUT2D eigenvalue weighted by Crippen LogP contribution is 2.25. The molecule has 0 saturated heterocycles. The predicted octanol–water partition coefficient (Wildman–Crippen LogP) is 2.69. The molecule has 0 fully saturated rings. The van der Waals surface area contributed by atoms with Crippen LogP contribution in [0.15, 0.2) is 42.5 Å². The van der Waals surface area contributed by atoms with Crippen molar-refractivity contribution < 1.29 is 18.7 Å². The maximum absolute atomic E-state index is 13.1. The van der Waals surface area contributed by atoms with Crippen LogP contribution < -0.4 is 15.4 Å². The number of halogens is 1. The Labute approximate surface area is 146 Å². The summed E-state index contributed by atoms with van der Waals surface area (Å²) in [5.74, 6) is -0.122. The first kappa shape index (κ1) is 18.4. The van der Waals surface area contributed by atoms with Crippen molar-refractivity contribution in [2.75, 3.05) is 19.0 Å². The van der Waals surface area contributed by atoms with Gasteiger partial charge in [-0.25, -0.2) is 4.39 Å². The highest BCUT2D eigenvalue weighted by Gasteiger charge is 2.07. The van der Waals surface area contributed by atoms with E-state index in [0.717, 1.165) is 5.56 Å². The molecule has 0 aliphatic rings. The Morgan fingerprint density at radius 1 is 1.12 bits per heavy atom. The first-order valence-electron chi connectivity index (χ1n) is 7.93. The molecule has 2 aromatic carbocycles. The van der Waals surface area contributed by atoms with Crippen LogP contribution in [0.2, 0.25) is 0 Å². The average molecular weight is 344 g/mol. The van der Waals surface area contributed by atoms with Gasteiger partial charge in [0.2, 0.25) is 11.8 Å². The molecule has 0 aromatic heterocycles. The van der Waals surface area contributed by atoms with Crippen molar-refractivity contribution >= 4 is 17.5 Å². The van der Waals surface area contributed by atoms with E-state index >= 15 is 0 Å². The molecule has 0 atom stereocenters. The molecule has 0 spiro atoms. The van der Waals surface area contributed by atoms with E-state index < -0.39 is 0 Å². The number of nitrogens with one attached hydrogen (secondary N) is 2. The van der Waals surface area contributed by atoms with Crippen molar-refractivity contribution in [1.29, 1.82) is 0 Å². The number of methoxy groups -OCH3 is 1. The van der Waals surface area contributed by atoms with Crippen LogP contribution in [0.4, 0.5) is 10.1 Å². The number of hydrogen-bond acceptors (Lipinski definition) is 3. The predicted molar refractivity (Wildman–Crippen MR) is 94.1 cm³/mol. The molecule has 0 aliphatic heterocycles. The lowest BCUT2D eigenvalue weighted by Crippen LogP contribution is -2.27. The Morgan fingerprint density at radius 3 is 2.60 bits per heavy atom. The molecule has 2 aromatic rings. The SMILES string of the molecule is COc1ccc(CCNC(=O)Cc2cccc(F)c2)cc1NC(C)=O. The molecule has 6 heteroatoms. The second-order valence-corrected chi connectivity index (χ2v) is 5.62. The fourth-order valence-corrected chi connectivity index (χ4v) is 2.44. The van der Waals surface area contributed by atoms with Gasteiger partial charge in [0, 0.05) is 13.5 Å². The number of carbonyl (C=O) groups is 2. The Balaban J connectivity index is 1.88. The number of benzene rings is 2. The van der Waals surface area contributed by atoms with Gasteiger partial charge < -0.3 is 15.4 Å². The van der Waals surface area contributed by atoms with Gasteiger partial charge in [-0.05, 0) is 41.8 Å². The van der Waals surface area contributed by atoms with E-state index in [-0.39, 0.29) is 24.1 Å². The molecular formula is C19H21FN2O3. The van der Waals surface area contributed by atoms with Crippen molar-refractivity contribution in [1.82, 2.24) is 5.32 Å². The molecule has 0 saturated carbocycles. The molecule has 25 heavy (non-hydrogen) atoms. The van der Waals surface area contributed by atoms with Gasteiger partial charge in [0.15, 0.2) is 0 Å². The van der Waals surface area contributed by atoms with E-state index in [4.69, 9.17) is 4.74 Å². The van der Waals surface area contributed by atoms with Gasteiger partial charge in [-0.2, -0.15) is 0 Å². The molecule has 0 bridgehead atoms. The zero-order valence-electron chi connectivity index (χ0n) is 14.3. The van der Waals surface area contributed by atoms with Crippen molar-refractivity contribution in [2.24, 2.45) is 0 Å². The Kier molecular flexibility index (Phi) is 6.51. The fraction of sp³-hybridized carbons (Fsp3) is 0.263. The van der Waals surface area contributed by atoms with Crippen LogP contribution in [0.3, 0.4) is 0 Å². The second kappa shape index (κ2) is 8.82. The first-order chi connectivity index (χ1) is 12.0. The highest BCUT2D eigenvalue weighted by molar-refractivity contribution is 5.90. The van der Waals surface area contributed by atoms with Gasteiger partial charge in [0.1, 0.15) is 11.6 Å². The quantitative estimate of drug-likeness (QED) is 0.811. The number of ether oxygens (including phenoxy) is 1. The van der Waals surface area contributed by atoms with E-state index in [1.54, 1.807) is 18.2 Å². The molecule has 0 radical (unpaired) electrons. The van der Waals surface area contributed by atoms with Crippen LogP contribution in [0.5, 0.6) is 5.75 Å². The van der Waals surface area contributed by atoms with Crippen molar-refractivity contribution in [3.63, 3.8) is 0 Å². The Morgan fingerprint density at radius 2 is 1.92 bits per heavy atom. The number of rotatable bonds is 7. The lowest BCUT2D eigenvalue weighted by atomic mass is 10.1. The summed E-state index contributed by atoms with van der Waals surface area (Å²) in [5.41, 5.74) is 2.18. The minimum absolute atomic E-state index is 0.136. The molecule has 0 aliphatic carbocycles. The van der Waals surface area contributed by atoms with Crippen LogP contribution in [0.1, 0.15) is 18.1 Å². The molecule has 0 heterocycles. The number of amides is 2. The van der Waals surface area contributed by atoms with Gasteiger partial charge in [0.05, 0.1) is 19.2 Å². The number of carbonyl (C=O) groups excluding carboxylic acids is 2. The lowest BCUT2D eigenvalue weighted by Gasteiger charge is -2.11. The van der Waals surface area contributed by atoms with E-state index in [0.29, 0.717) is 30.0 Å². The van der Waals surface area contributed by atoms with E-state index in [9.17, 15) is 14.0 Å². The van der Waals surface area contributed by atoms with Crippen LogP contribution in [-0.4, -0.2) is 25.5 Å². The van der Waals surface area contributed by atoms with E-state index in [2.05, 4.69) is 10.6 Å². The number of hydrogen-bond donors (Lipinski definition) is 2. The maximum atomic E-state index is 13.1. The Hall–Kier alpha value is -2.89. The van der Waals surface area contributed by atoms with Crippen molar-refractivity contribution in [2.45, 2.75) is 19.8 Å². The van der Waals surface area contributed by atoms with Crippen LogP contribution >= 0.6 is 0 Å². The zero-order valence-corrected chi connectivity index (χ0v) is 14.3. The van der Waals surface area contributed by atoms with Crippen molar-refractivity contribution in [3.8, 4) is 5.75 Å². The molecule has 5 nitrogen and oxygen atoms in total. The molecule has 132 valence electrons. The number of anilines is 1. The summed E-state index contributed by atoms with van der Waals surface area (Å²) in [4.78, 5) is 23.2. The van der Waals surface area contributed by atoms with E-state index in [1.807, 2.05) is 12.1 Å². The molecule has 2 N–H and O–H groups in total. The summed E-state index contributed by atoms with van der Waals surface area (Å²) < 4.78 is 18.3. The molecule has 0 unspecified atom stereocenters. The monoisotopic (exact) mass is 344 g/mol. The summed E-state index contributed by atoms with van der Waals surface area (Å²) >= 11 is 0. The Bertz CT molecular complexity index is 762. The minimum atomic E-state index is -0.353. The topological polar surface area (TPSA) is 67.4 Å². The third-order valence-corrected chi connectivity index (χ3v) is 3.56. The first-order valence-corrected chi connectivity index (χ1v) is 7.93. The summed E-state index contributed by atoms with van der Waals surface area (Å²) in [5, 5.41) is 5.52. The molecular weight excluding hydrogens is 323 g/mol. The fourth-order valence-electron chi connectivity index (χ4n) is 2.44. The standard InChI is InChI=1S/C19H21FN2O3/c1-13(23)22-17-11-14(6-7-18(17)25-2)8-9-21-19(24)12-15-4-3-5-16(20)10-15/h3-7,10-11H,8-9,12H2,1-2H3,(H,21,24)(H,22,23). The normalized spacial score (nSPS) is 10.2. The summed E-state index contributed by atoms with van der Waals surface area (Å²) in [6.07, 6.45) is 0.739. The summed E-state index contributed by atoms with van der Waals surface area (Å²) in [6.45, 7) is 1.87. The lowest BCUT2D eigenvalue weighted by molar-refractivity contribution is -0.120. The van der Waals surface area contributed by atoms with Crippen LogP contribution in [0.25, 0.3) is 0 Å². The van der Waals surface area contributed by atoms with E-state index in [1.165, 1.54) is 26.2 Å². The highest BCUT2D eigenvalue weighted by atomic mass is 19.1. The smallest absolute Gasteiger partial charge is 0.224 e. The third-order valence-electron chi connectivity index (χ3n) is 3.56. The molecule has 2 amide bonds. The van der Waals surface area contributed by atoms with Crippen molar-refractivity contribution in [3.05, 3.63) is 59.4 Å². The second-order valence-electron chi connectivity index (χ2n) is 5.62. The van der Waals surface area contributed by atoms with Gasteiger partial charge in [-0.15, -0.1) is 0 Å². The largest absolute Gasteiger partial charge is 0.495 e.